The van der Waals surface area contributed by atoms with Crippen LogP contribution in [0, 0.1) is 0 Å². The first-order valence-corrected chi connectivity index (χ1v) is 4.71. The Morgan fingerprint density at radius 2 is 2.15 bits per heavy atom. The minimum Gasteiger partial charge on any atom is -0.389 e. The zero-order valence-corrected chi connectivity index (χ0v) is 8.36. The number of methoxy groups -OCH3 is 1. The number of rotatable bonds is 5. The first-order chi connectivity index (χ1) is 6.09. The fourth-order valence-electron chi connectivity index (χ4n) is 1.68. The van der Waals surface area contributed by atoms with Gasteiger partial charge in [0.05, 0.1) is 18.3 Å². The lowest BCUT2D eigenvalue weighted by Crippen LogP contribution is -2.62. The fourth-order valence-corrected chi connectivity index (χ4v) is 1.68. The number of likely N-dealkylation sites (tertiary alicyclic amines) is 1. The van der Waals surface area contributed by atoms with Crippen LogP contribution in [0.2, 0.25) is 0 Å². The molecule has 1 saturated heterocycles. The molecule has 0 radical (unpaired) electrons. The molecule has 1 unspecified atom stereocenters. The summed E-state index contributed by atoms with van der Waals surface area (Å²) in [6.45, 7) is 4.27. The quantitative estimate of drug-likeness (QED) is 0.609. The van der Waals surface area contributed by atoms with Gasteiger partial charge in [0.25, 0.3) is 0 Å². The molecule has 0 aromatic rings. The molecule has 1 fully saturated rings. The Kier molecular flexibility index (Phi) is 3.67. The lowest BCUT2D eigenvalue weighted by molar-refractivity contribution is -0.114. The molecule has 13 heavy (non-hydrogen) atoms. The fraction of sp³-hybridized carbons (Fsp3) is 1.00. The van der Waals surface area contributed by atoms with E-state index >= 15 is 0 Å². The summed E-state index contributed by atoms with van der Waals surface area (Å²) in [5, 5.41) is 19.1. The van der Waals surface area contributed by atoms with Crippen molar-refractivity contribution < 1.29 is 14.9 Å². The topological polar surface area (TPSA) is 52.9 Å². The summed E-state index contributed by atoms with van der Waals surface area (Å²) in [5.74, 6) is 0. The second-order valence-corrected chi connectivity index (χ2v) is 3.86. The van der Waals surface area contributed by atoms with E-state index in [2.05, 4.69) is 0 Å². The van der Waals surface area contributed by atoms with Gasteiger partial charge in [-0.2, -0.15) is 0 Å². The van der Waals surface area contributed by atoms with Crippen molar-refractivity contribution in [3.8, 4) is 0 Å². The monoisotopic (exact) mass is 189 g/mol. The molecule has 4 nitrogen and oxygen atoms in total. The van der Waals surface area contributed by atoms with Crippen LogP contribution >= 0.6 is 0 Å². The Bertz CT molecular complexity index is 157. The molecular weight excluding hydrogens is 170 g/mol. The van der Waals surface area contributed by atoms with Crippen LogP contribution in [-0.2, 0) is 4.74 Å². The molecule has 1 heterocycles. The van der Waals surface area contributed by atoms with E-state index in [1.54, 1.807) is 7.11 Å². The third-order valence-corrected chi connectivity index (χ3v) is 2.52. The van der Waals surface area contributed by atoms with Crippen LogP contribution in [0.1, 0.15) is 13.3 Å². The van der Waals surface area contributed by atoms with Gasteiger partial charge >= 0.3 is 0 Å². The lowest BCUT2D eigenvalue weighted by atomic mass is 9.91. The van der Waals surface area contributed by atoms with Crippen LogP contribution in [0.15, 0.2) is 0 Å². The molecule has 78 valence electrons. The van der Waals surface area contributed by atoms with Gasteiger partial charge in [0.1, 0.15) is 0 Å². The molecule has 1 aliphatic heterocycles. The maximum absolute atomic E-state index is 9.68. The SMILES string of the molecule is CCC1(O)CN(CC(O)COC)C1. The summed E-state index contributed by atoms with van der Waals surface area (Å²) in [7, 11) is 1.57. The second kappa shape index (κ2) is 4.37. The lowest BCUT2D eigenvalue weighted by Gasteiger charge is -2.46. The van der Waals surface area contributed by atoms with Crippen molar-refractivity contribution in [3.63, 3.8) is 0 Å². The van der Waals surface area contributed by atoms with Crippen molar-refractivity contribution in [2.24, 2.45) is 0 Å². The first-order valence-electron chi connectivity index (χ1n) is 4.71. The summed E-state index contributed by atoms with van der Waals surface area (Å²) >= 11 is 0. The number of aliphatic hydroxyl groups is 2. The van der Waals surface area contributed by atoms with Gasteiger partial charge in [-0.15, -0.1) is 0 Å². The molecular formula is C9H19NO3. The highest BCUT2D eigenvalue weighted by atomic mass is 16.5. The molecule has 0 saturated carbocycles. The Balaban J connectivity index is 2.14. The Hall–Kier alpha value is -0.160. The van der Waals surface area contributed by atoms with Crippen LogP contribution in [0.25, 0.3) is 0 Å². The van der Waals surface area contributed by atoms with Crippen molar-refractivity contribution in [2.45, 2.75) is 25.0 Å². The van der Waals surface area contributed by atoms with Gasteiger partial charge in [0, 0.05) is 26.7 Å². The van der Waals surface area contributed by atoms with E-state index in [-0.39, 0.29) is 0 Å². The molecule has 0 aromatic carbocycles. The molecule has 0 aliphatic carbocycles. The highest BCUT2D eigenvalue weighted by Gasteiger charge is 2.39. The van der Waals surface area contributed by atoms with Crippen LogP contribution in [0.3, 0.4) is 0 Å². The standard InChI is InChI=1S/C9H19NO3/c1-3-9(12)6-10(7-9)4-8(11)5-13-2/h8,11-12H,3-7H2,1-2H3. The third-order valence-electron chi connectivity index (χ3n) is 2.52. The number of ether oxygens (including phenoxy) is 1. The molecule has 1 aliphatic rings. The van der Waals surface area contributed by atoms with Gasteiger partial charge in [0.15, 0.2) is 0 Å². The van der Waals surface area contributed by atoms with Crippen molar-refractivity contribution in [1.29, 1.82) is 0 Å². The minimum absolute atomic E-state index is 0.362. The molecule has 4 heteroatoms. The summed E-state index contributed by atoms with van der Waals surface area (Å²) < 4.78 is 4.81. The summed E-state index contributed by atoms with van der Waals surface area (Å²) in [5.41, 5.74) is -0.507. The van der Waals surface area contributed by atoms with Crippen LogP contribution < -0.4 is 0 Å². The van der Waals surface area contributed by atoms with E-state index in [1.807, 2.05) is 11.8 Å². The predicted octanol–water partition coefficient (Wildman–Crippen LogP) is -0.550. The molecule has 2 N–H and O–H groups in total. The molecule has 1 atom stereocenters. The summed E-state index contributed by atoms with van der Waals surface area (Å²) in [6.07, 6.45) is 0.343. The third kappa shape index (κ3) is 2.91. The first kappa shape index (κ1) is 10.9. The van der Waals surface area contributed by atoms with Crippen LogP contribution in [-0.4, -0.2) is 60.2 Å². The number of hydrogen-bond acceptors (Lipinski definition) is 4. The number of aliphatic hydroxyl groups excluding tert-OH is 1. The Labute approximate surface area is 79.1 Å². The summed E-state index contributed by atoms with van der Waals surface area (Å²) in [4.78, 5) is 2.03. The van der Waals surface area contributed by atoms with Gasteiger partial charge in [-0.25, -0.2) is 0 Å². The van der Waals surface area contributed by atoms with Crippen molar-refractivity contribution in [2.75, 3.05) is 33.4 Å². The summed E-state index contributed by atoms with van der Waals surface area (Å²) in [6, 6.07) is 0. The normalized spacial score (nSPS) is 24.0. The van der Waals surface area contributed by atoms with Gasteiger partial charge in [-0.3, -0.25) is 4.90 Å². The largest absolute Gasteiger partial charge is 0.389 e. The van der Waals surface area contributed by atoms with Crippen molar-refractivity contribution >= 4 is 0 Å². The smallest absolute Gasteiger partial charge is 0.0900 e. The van der Waals surface area contributed by atoms with Crippen molar-refractivity contribution in [3.05, 3.63) is 0 Å². The van der Waals surface area contributed by atoms with E-state index < -0.39 is 11.7 Å². The molecule has 0 aromatic heterocycles. The highest BCUT2D eigenvalue weighted by molar-refractivity contribution is 4.94. The van der Waals surface area contributed by atoms with Gasteiger partial charge in [-0.05, 0) is 6.42 Å². The Morgan fingerprint density at radius 1 is 1.54 bits per heavy atom. The number of hydrogen-bond donors (Lipinski definition) is 2. The van der Waals surface area contributed by atoms with E-state index in [9.17, 15) is 10.2 Å². The van der Waals surface area contributed by atoms with E-state index in [4.69, 9.17) is 4.74 Å². The maximum atomic E-state index is 9.68. The number of nitrogens with zero attached hydrogens (tertiary/aromatic N) is 1. The van der Waals surface area contributed by atoms with Gasteiger partial charge in [0.2, 0.25) is 0 Å². The van der Waals surface area contributed by atoms with E-state index in [0.717, 1.165) is 6.42 Å². The molecule has 1 rings (SSSR count). The predicted molar refractivity (Wildman–Crippen MR) is 49.6 cm³/mol. The van der Waals surface area contributed by atoms with Crippen LogP contribution in [0.4, 0.5) is 0 Å². The molecule has 0 amide bonds. The minimum atomic E-state index is -0.507. The maximum Gasteiger partial charge on any atom is 0.0900 e. The second-order valence-electron chi connectivity index (χ2n) is 3.86. The molecule has 0 spiro atoms. The van der Waals surface area contributed by atoms with E-state index in [0.29, 0.717) is 26.2 Å². The van der Waals surface area contributed by atoms with Gasteiger partial charge in [-0.1, -0.05) is 6.92 Å². The van der Waals surface area contributed by atoms with Crippen LogP contribution in [0.5, 0.6) is 0 Å². The molecule has 0 bridgehead atoms. The Morgan fingerprint density at radius 3 is 2.62 bits per heavy atom. The highest BCUT2D eigenvalue weighted by Crippen LogP contribution is 2.23. The average Bonchev–Trinajstić information content (AvgIpc) is 2.02. The average molecular weight is 189 g/mol. The van der Waals surface area contributed by atoms with E-state index in [1.165, 1.54) is 0 Å². The van der Waals surface area contributed by atoms with Crippen molar-refractivity contribution in [1.82, 2.24) is 4.90 Å². The zero-order valence-electron chi connectivity index (χ0n) is 8.36. The number of β-amino-alcohol motifs (C(OH)–C–C–N with tert-alkyl or cyclic N) is 2. The zero-order chi connectivity index (χ0) is 9.90. The van der Waals surface area contributed by atoms with Gasteiger partial charge < -0.3 is 14.9 Å².